The molecule has 0 spiro atoms. The normalized spacial score (nSPS) is 15.3. The number of urea groups is 2. The van der Waals surface area contributed by atoms with Gasteiger partial charge in [0, 0.05) is 50.4 Å². The molecule has 0 saturated carbocycles. The van der Waals surface area contributed by atoms with Gasteiger partial charge in [-0.15, -0.1) is 0 Å². The lowest BCUT2D eigenvalue weighted by atomic mass is 10.1. The van der Waals surface area contributed by atoms with E-state index in [-0.39, 0.29) is 94.2 Å². The van der Waals surface area contributed by atoms with Crippen molar-refractivity contribution in [3.8, 4) is 11.5 Å². The Bertz CT molecular complexity index is 1970. The molecule has 2 saturated heterocycles. The number of carbonyl (C=O) groups is 4. The summed E-state index contributed by atoms with van der Waals surface area (Å²) in [6, 6.07) is 10.6. The lowest BCUT2D eigenvalue weighted by Crippen LogP contribution is -2.24. The average molecular weight is 893 g/mol. The van der Waals surface area contributed by atoms with Crippen LogP contribution in [0.2, 0.25) is 0 Å². The van der Waals surface area contributed by atoms with Gasteiger partial charge in [-0.05, 0) is 111 Å². The van der Waals surface area contributed by atoms with Crippen LogP contribution in [0.4, 0.5) is 52.5 Å². The molecule has 64 heavy (non-hydrogen) atoms. The number of nitrogens with zero attached hydrogens (tertiary/aromatic N) is 2. The van der Waals surface area contributed by atoms with E-state index >= 15 is 0 Å². The molecule has 0 aliphatic carbocycles. The number of hydrogen-bond donors (Lipinski definition) is 12. The molecule has 2 unspecified atom stereocenters. The molecule has 16 N–H and O–H groups in total. The highest BCUT2D eigenvalue weighted by Crippen LogP contribution is 2.39. The topological polar surface area (TPSA) is 312 Å². The minimum absolute atomic E-state index is 0.0310. The monoisotopic (exact) mass is 892 g/mol. The van der Waals surface area contributed by atoms with Gasteiger partial charge in [-0.25, -0.2) is 18.4 Å². The van der Waals surface area contributed by atoms with E-state index in [9.17, 15) is 28.0 Å². The number of nitrogens with one attached hydrogen (secondary N) is 8. The number of anilines is 6. The van der Waals surface area contributed by atoms with Crippen LogP contribution in [0.1, 0.15) is 62.5 Å². The number of alkyl halides is 2. The van der Waals surface area contributed by atoms with Crippen molar-refractivity contribution < 1.29 is 37.4 Å². The molecule has 0 bridgehead atoms. The highest BCUT2D eigenvalue weighted by Gasteiger charge is 2.25. The Hall–Kier alpha value is -6.94. The molecule has 3 aromatic carbocycles. The zero-order valence-electron chi connectivity index (χ0n) is 35.5. The van der Waals surface area contributed by atoms with Gasteiger partial charge in [0.05, 0.1) is 22.7 Å². The minimum atomic E-state index is -0.875. The summed E-state index contributed by atoms with van der Waals surface area (Å²) in [6.07, 6.45) is 3.24. The first-order chi connectivity index (χ1) is 30.9. The van der Waals surface area contributed by atoms with Crippen LogP contribution in [0, 0.1) is 0 Å². The van der Waals surface area contributed by atoms with Gasteiger partial charge in [-0.3, -0.25) is 19.6 Å². The predicted octanol–water partition coefficient (Wildman–Crippen LogP) is 4.16. The number of rotatable bonds is 22. The van der Waals surface area contributed by atoms with Crippen LogP contribution in [0.15, 0.2) is 58.5 Å². The third kappa shape index (κ3) is 15.8. The van der Waals surface area contributed by atoms with E-state index in [0.717, 1.165) is 0 Å². The highest BCUT2D eigenvalue weighted by molar-refractivity contribution is 6.04. The molecule has 2 aliphatic heterocycles. The Morgan fingerprint density at radius 1 is 0.578 bits per heavy atom. The standard InChI is InChI=1S/C42H58F2N14O6/c43-21-25-17-31(55-35(59)5-1-3-13-51-39(45)46)37(63-29-11-15-49-23-29)33(19-25)57-41(61)53-27-7-9-28(10-8-27)54-42(62)58-34-20-26(22-44)18-32(38(34)64-30-12-16-50-24-30)56-36(60)6-2-4-14-52-40(47)48/h7-10,17-20,29-30,49-50H,1-6,11-16,21-24H2,(H,55,59)(H,56,60)(H4,45,46,51)(H4,47,48,52)(H2,53,57,61)(H2,54,58,62). The zero-order valence-corrected chi connectivity index (χ0v) is 35.5. The molecule has 22 heteroatoms. The van der Waals surface area contributed by atoms with Crippen molar-refractivity contribution in [3.63, 3.8) is 0 Å². The van der Waals surface area contributed by atoms with E-state index in [1.165, 1.54) is 24.3 Å². The molecule has 2 heterocycles. The summed E-state index contributed by atoms with van der Waals surface area (Å²) in [5.74, 6) is -0.385. The summed E-state index contributed by atoms with van der Waals surface area (Å²) in [4.78, 5) is 60.4. The van der Waals surface area contributed by atoms with E-state index < -0.39 is 25.4 Å². The maximum absolute atomic E-state index is 14.1. The van der Waals surface area contributed by atoms with Gasteiger partial charge in [0.25, 0.3) is 0 Å². The smallest absolute Gasteiger partial charge is 0.323 e. The van der Waals surface area contributed by atoms with Crippen molar-refractivity contribution in [1.29, 1.82) is 0 Å². The number of unbranched alkanes of at least 4 members (excludes halogenated alkanes) is 2. The molecule has 2 atom stereocenters. The van der Waals surface area contributed by atoms with Crippen molar-refractivity contribution in [2.24, 2.45) is 32.9 Å². The largest absolute Gasteiger partial charge is 0.485 e. The maximum atomic E-state index is 14.1. The first kappa shape index (κ1) is 48.1. The summed E-state index contributed by atoms with van der Waals surface area (Å²) in [5.41, 5.74) is 23.2. The fourth-order valence-electron chi connectivity index (χ4n) is 6.79. The summed E-state index contributed by atoms with van der Waals surface area (Å²) in [6.45, 7) is 1.49. The Morgan fingerprint density at radius 3 is 1.28 bits per heavy atom. The molecule has 2 fully saturated rings. The van der Waals surface area contributed by atoms with Gasteiger partial charge >= 0.3 is 12.1 Å². The lowest BCUT2D eigenvalue weighted by Gasteiger charge is -2.22. The molecule has 0 aromatic heterocycles. The number of guanidine groups is 2. The Balaban J connectivity index is 1.24. The molecular formula is C42H58F2N14O6. The molecule has 3 aromatic rings. The third-order valence-electron chi connectivity index (χ3n) is 9.86. The number of halogens is 2. The number of ether oxygens (including phenoxy) is 2. The predicted molar refractivity (Wildman–Crippen MR) is 244 cm³/mol. The quantitative estimate of drug-likeness (QED) is 0.0385. The van der Waals surface area contributed by atoms with Gasteiger partial charge < -0.3 is 74.9 Å². The van der Waals surface area contributed by atoms with Crippen molar-refractivity contribution in [2.45, 2.75) is 76.9 Å². The first-order valence-corrected chi connectivity index (χ1v) is 21.1. The Labute approximate surface area is 369 Å². The van der Waals surface area contributed by atoms with E-state index in [1.54, 1.807) is 24.3 Å². The minimum Gasteiger partial charge on any atom is -0.485 e. The number of amides is 6. The van der Waals surface area contributed by atoms with Crippen LogP contribution >= 0.6 is 0 Å². The molecule has 6 amide bonds. The maximum Gasteiger partial charge on any atom is 0.323 e. The number of benzene rings is 3. The van der Waals surface area contributed by atoms with Crippen LogP contribution in [0.5, 0.6) is 11.5 Å². The van der Waals surface area contributed by atoms with Gasteiger partial charge in [0.2, 0.25) is 11.8 Å². The fraction of sp³-hybridized carbons (Fsp3) is 0.429. The number of aliphatic imine (C=N–C) groups is 2. The van der Waals surface area contributed by atoms with Crippen molar-refractivity contribution >= 4 is 69.9 Å². The number of nitrogens with two attached hydrogens (primary N) is 4. The van der Waals surface area contributed by atoms with E-state index in [4.69, 9.17) is 32.4 Å². The van der Waals surface area contributed by atoms with Crippen LogP contribution in [0.25, 0.3) is 0 Å². The first-order valence-electron chi connectivity index (χ1n) is 21.1. The van der Waals surface area contributed by atoms with Gasteiger partial charge in [-0.1, -0.05) is 0 Å². The Kier molecular flexibility index (Phi) is 18.5. The summed E-state index contributed by atoms with van der Waals surface area (Å²) in [5, 5.41) is 22.9. The molecular weight excluding hydrogens is 835 g/mol. The third-order valence-corrected chi connectivity index (χ3v) is 9.86. The summed E-state index contributed by atoms with van der Waals surface area (Å²) < 4.78 is 40.8. The summed E-state index contributed by atoms with van der Waals surface area (Å²) in [7, 11) is 0. The van der Waals surface area contributed by atoms with Gasteiger partial charge in [0.15, 0.2) is 23.4 Å². The lowest BCUT2D eigenvalue weighted by molar-refractivity contribution is -0.117. The Morgan fingerprint density at radius 2 is 0.953 bits per heavy atom. The van der Waals surface area contributed by atoms with Crippen molar-refractivity contribution in [3.05, 3.63) is 59.7 Å². The second-order valence-corrected chi connectivity index (χ2v) is 15.1. The number of carbonyl (C=O) groups excluding carboxylic acids is 4. The second-order valence-electron chi connectivity index (χ2n) is 15.1. The molecule has 20 nitrogen and oxygen atoms in total. The van der Waals surface area contributed by atoms with E-state index in [2.05, 4.69) is 52.5 Å². The second kappa shape index (κ2) is 24.6. The van der Waals surface area contributed by atoms with Crippen LogP contribution in [0.3, 0.4) is 0 Å². The van der Waals surface area contributed by atoms with Gasteiger partial charge in [0.1, 0.15) is 25.6 Å². The zero-order chi connectivity index (χ0) is 45.8. The van der Waals surface area contributed by atoms with Crippen molar-refractivity contribution in [1.82, 2.24) is 10.6 Å². The molecule has 0 radical (unpaired) electrons. The fourth-order valence-corrected chi connectivity index (χ4v) is 6.79. The molecule has 346 valence electrons. The average Bonchev–Trinajstić information content (AvgIpc) is 3.98. The summed E-state index contributed by atoms with van der Waals surface area (Å²) >= 11 is 0. The van der Waals surface area contributed by atoms with Crippen molar-refractivity contribution in [2.75, 3.05) is 71.2 Å². The van der Waals surface area contributed by atoms with Crippen LogP contribution < -0.4 is 74.9 Å². The molecule has 2 aliphatic rings. The highest BCUT2D eigenvalue weighted by atomic mass is 19.1. The van der Waals surface area contributed by atoms with Crippen LogP contribution in [-0.4, -0.2) is 87.3 Å². The van der Waals surface area contributed by atoms with Gasteiger partial charge in [-0.2, -0.15) is 0 Å². The van der Waals surface area contributed by atoms with Crippen LogP contribution in [-0.2, 0) is 22.9 Å². The van der Waals surface area contributed by atoms with E-state index in [0.29, 0.717) is 89.2 Å². The molecule has 5 rings (SSSR count). The SMILES string of the molecule is NC(N)=NCCCCC(=O)Nc1cc(CF)cc(NC(=O)Nc2ccc(NC(=O)Nc3cc(CF)cc(NC(=O)CCCCN=C(N)N)c3OC3CCNC3)cc2)c1OC1CCNC1. The van der Waals surface area contributed by atoms with E-state index in [1.807, 2.05) is 0 Å². The number of hydrogen-bond acceptors (Lipinski definition) is 10.